The van der Waals surface area contributed by atoms with E-state index in [0.717, 1.165) is 0 Å². The molecule has 0 spiro atoms. The monoisotopic (exact) mass is 158 g/mol. The van der Waals surface area contributed by atoms with Crippen molar-refractivity contribution in [1.29, 1.82) is 0 Å². The summed E-state index contributed by atoms with van der Waals surface area (Å²) in [5.41, 5.74) is 0. The molecule has 4 heteroatoms. The van der Waals surface area contributed by atoms with Crippen LogP contribution in [0.25, 0.3) is 0 Å². The maximum absolute atomic E-state index is 9.42. The first-order valence-corrected chi connectivity index (χ1v) is 8.03. The van der Waals surface area contributed by atoms with Crippen LogP contribution in [0.15, 0.2) is 0 Å². The Labute approximate surface area is 38.0 Å². The van der Waals surface area contributed by atoms with E-state index in [1.807, 2.05) is 0 Å². The number of hydrogen-bond donors (Lipinski definition) is 2. The van der Waals surface area contributed by atoms with E-state index >= 15 is 0 Å². The van der Waals surface area contributed by atoms with Gasteiger partial charge in [0.2, 0.25) is 0 Å². The minimum absolute atomic E-state index is 2.19. The fourth-order valence-electron chi connectivity index (χ4n) is 0. The van der Waals surface area contributed by atoms with Gasteiger partial charge in [-0.15, -0.1) is 0 Å². The van der Waals surface area contributed by atoms with Gasteiger partial charge in [0.25, 0.3) is 0 Å². The van der Waals surface area contributed by atoms with Crippen molar-refractivity contribution in [1.82, 2.24) is 0 Å². The van der Waals surface area contributed by atoms with E-state index in [4.69, 9.17) is 0 Å². The molecule has 0 aliphatic heterocycles. The fourth-order valence-corrected chi connectivity index (χ4v) is 0. The molecule has 0 unspecified atom stereocenters. The zero-order chi connectivity index (χ0) is 3.58. The molecule has 0 aliphatic rings. The van der Waals surface area contributed by atoms with Gasteiger partial charge in [0, 0.05) is 0 Å². The van der Waals surface area contributed by atoms with Gasteiger partial charge in [-0.2, -0.15) is 0 Å². The molecule has 0 bridgehead atoms. The van der Waals surface area contributed by atoms with Crippen LogP contribution in [0.2, 0.25) is 0 Å². The van der Waals surface area contributed by atoms with Crippen LogP contribution in [0.1, 0.15) is 0 Å². The van der Waals surface area contributed by atoms with Crippen LogP contribution in [0.5, 0.6) is 0 Å². The predicted molar refractivity (Wildman–Crippen MR) is 25.8 cm³/mol. The van der Waals surface area contributed by atoms with Crippen molar-refractivity contribution in [3.63, 3.8) is 0 Å². The van der Waals surface area contributed by atoms with E-state index in [9.17, 15) is 3.74 Å². The molecule has 0 aromatic rings. The Morgan fingerprint density at radius 1 is 1.50 bits per heavy atom. The van der Waals surface area contributed by atoms with Crippen LogP contribution in [0.3, 0.4) is 0 Å². The van der Waals surface area contributed by atoms with Crippen molar-refractivity contribution in [3.8, 4) is 0 Å². The molecule has 0 saturated heterocycles. The van der Waals surface area contributed by atoms with E-state index in [1.165, 1.54) is 0 Å². The van der Waals surface area contributed by atoms with Crippen LogP contribution in [0, 0.1) is 0 Å². The molecule has 1 nitrogen and oxygen atoms in total. The first-order chi connectivity index (χ1) is 1.73. The molecular formula is H3AsOS2. The summed E-state index contributed by atoms with van der Waals surface area (Å²) < 4.78 is 9.42. The van der Waals surface area contributed by atoms with Crippen LogP contribution >= 0.6 is 21.8 Å². The summed E-state index contributed by atoms with van der Waals surface area (Å²) in [6.45, 7) is 0. The number of hydrogen-bond acceptors (Lipinski definition) is 1. The molecule has 0 saturated carbocycles. The van der Waals surface area contributed by atoms with Crippen molar-refractivity contribution in [3.05, 3.63) is 0 Å². The van der Waals surface area contributed by atoms with E-state index in [2.05, 4.69) is 21.8 Å². The summed E-state index contributed by atoms with van der Waals surface area (Å²) in [6.07, 6.45) is 0. The van der Waals surface area contributed by atoms with Gasteiger partial charge in [-0.1, -0.05) is 0 Å². The van der Waals surface area contributed by atoms with Gasteiger partial charge in [0.15, 0.2) is 0 Å². The van der Waals surface area contributed by atoms with E-state index < -0.39 is 12.3 Å². The summed E-state index contributed by atoms with van der Waals surface area (Å²) in [5, 5.41) is 0. The summed E-state index contributed by atoms with van der Waals surface area (Å²) in [5.74, 6) is 0. The van der Waals surface area contributed by atoms with Gasteiger partial charge in [0.1, 0.15) is 0 Å². The minimum atomic E-state index is -2.19. The second-order valence-electron chi connectivity index (χ2n) is 0.283. The molecule has 0 heterocycles. The molecule has 0 aromatic carbocycles. The molecular weight excluding hydrogens is 155 g/mol. The SMILES string of the molecule is O=[AsH](S)S. The van der Waals surface area contributed by atoms with Crippen molar-refractivity contribution < 1.29 is 3.74 Å². The molecule has 0 aliphatic carbocycles. The first kappa shape index (κ1) is 5.06. The molecule has 0 amide bonds. The zero-order valence-electron chi connectivity index (χ0n) is 1.80. The molecule has 0 N–H and O–H groups in total. The second-order valence-corrected chi connectivity index (χ2v) is 7.52. The Kier molecular flexibility index (Phi) is 2.91. The van der Waals surface area contributed by atoms with Gasteiger partial charge in [-0.05, 0) is 0 Å². The Hall–Kier alpha value is 1.06. The summed E-state index contributed by atoms with van der Waals surface area (Å²) in [6, 6.07) is 0. The van der Waals surface area contributed by atoms with E-state index in [1.54, 1.807) is 0 Å². The Bertz CT molecular complexity index is 29.0. The summed E-state index contributed by atoms with van der Waals surface area (Å²) in [4.78, 5) is 0. The number of thiol groups is 2. The van der Waals surface area contributed by atoms with Crippen LogP contribution in [0.4, 0.5) is 0 Å². The molecule has 26 valence electrons. The Morgan fingerprint density at radius 2 is 1.50 bits per heavy atom. The molecule has 0 atom stereocenters. The van der Waals surface area contributed by atoms with Gasteiger partial charge >= 0.3 is 37.8 Å². The van der Waals surface area contributed by atoms with E-state index in [-0.39, 0.29) is 0 Å². The fraction of sp³-hybridized carbons (Fsp3) is 0. The van der Waals surface area contributed by atoms with Crippen molar-refractivity contribution in [2.24, 2.45) is 0 Å². The first-order valence-electron chi connectivity index (χ1n) is 0.651. The number of rotatable bonds is 0. The van der Waals surface area contributed by atoms with Crippen LogP contribution < -0.4 is 0 Å². The molecule has 0 rings (SSSR count). The Morgan fingerprint density at radius 3 is 1.50 bits per heavy atom. The normalized spacial score (nSPS) is 8.75. The average molecular weight is 158 g/mol. The summed E-state index contributed by atoms with van der Waals surface area (Å²) >= 11 is -2.19. The third kappa shape index (κ3) is 11.6. The topological polar surface area (TPSA) is 17.1 Å². The van der Waals surface area contributed by atoms with Gasteiger partial charge in [0.05, 0.1) is 0 Å². The standard InChI is InChI=1S/AsH3OS2/c2-1(3)4/h1H,(H2,2,3,4). The third-order valence-corrected chi connectivity index (χ3v) is 0. The second kappa shape index (κ2) is 2.30. The van der Waals surface area contributed by atoms with Crippen molar-refractivity contribution in [2.45, 2.75) is 0 Å². The molecule has 0 radical (unpaired) electrons. The third-order valence-electron chi connectivity index (χ3n) is 0. The predicted octanol–water partition coefficient (Wildman–Crippen LogP) is -0.00630. The Balaban J connectivity index is 2.80. The molecule has 0 fully saturated rings. The van der Waals surface area contributed by atoms with Crippen LogP contribution in [-0.2, 0) is 3.74 Å². The van der Waals surface area contributed by atoms with Crippen molar-refractivity contribution in [2.75, 3.05) is 0 Å². The van der Waals surface area contributed by atoms with Crippen LogP contribution in [-0.4, -0.2) is 12.3 Å². The maximum atomic E-state index is 9.42. The van der Waals surface area contributed by atoms with Gasteiger partial charge < -0.3 is 0 Å². The average Bonchev–Trinajstić information content (AvgIpc) is 0.811. The molecule has 4 heavy (non-hydrogen) atoms. The van der Waals surface area contributed by atoms with Gasteiger partial charge in [-0.25, -0.2) is 0 Å². The quantitative estimate of drug-likeness (QED) is 0.374. The zero-order valence-corrected chi connectivity index (χ0v) is 5.69. The van der Waals surface area contributed by atoms with Gasteiger partial charge in [-0.3, -0.25) is 0 Å². The van der Waals surface area contributed by atoms with Crippen molar-refractivity contribution >= 4 is 34.1 Å². The molecule has 0 aromatic heterocycles. The van der Waals surface area contributed by atoms with E-state index in [0.29, 0.717) is 0 Å². The summed E-state index contributed by atoms with van der Waals surface area (Å²) in [7, 11) is 6.88.